The summed E-state index contributed by atoms with van der Waals surface area (Å²) in [5.41, 5.74) is 1.89. The van der Waals surface area contributed by atoms with Gasteiger partial charge < -0.3 is 10.1 Å². The predicted octanol–water partition coefficient (Wildman–Crippen LogP) is 4.21. The average molecular weight is 308 g/mol. The van der Waals surface area contributed by atoms with Crippen LogP contribution in [0.3, 0.4) is 0 Å². The molecule has 0 bridgehead atoms. The quantitative estimate of drug-likeness (QED) is 0.863. The molecule has 1 N–H and O–H groups in total. The lowest BCUT2D eigenvalue weighted by Gasteiger charge is -2.11. The molecule has 0 saturated carbocycles. The van der Waals surface area contributed by atoms with E-state index in [-0.39, 0.29) is 11.6 Å². The van der Waals surface area contributed by atoms with Gasteiger partial charge in [0, 0.05) is 11.6 Å². The molecule has 1 unspecified atom stereocenters. The predicted molar refractivity (Wildman–Crippen MR) is 84.4 cm³/mol. The molecule has 1 atom stereocenters. The van der Waals surface area contributed by atoms with Crippen LogP contribution in [-0.4, -0.2) is 13.1 Å². The Balaban J connectivity index is 1.96. The van der Waals surface area contributed by atoms with Crippen LogP contribution < -0.4 is 10.1 Å². The number of likely N-dealkylation sites (N-methyl/N-ethyl adjacent to an activating group) is 1. The molecule has 2 aromatic carbocycles. The molecule has 0 aromatic heterocycles. The molecule has 0 amide bonds. The molecule has 21 heavy (non-hydrogen) atoms. The smallest absolute Gasteiger partial charge is 0.142 e. The van der Waals surface area contributed by atoms with E-state index >= 15 is 0 Å². The second-order valence-corrected chi connectivity index (χ2v) is 5.42. The van der Waals surface area contributed by atoms with Crippen LogP contribution in [0.1, 0.15) is 18.1 Å². The Morgan fingerprint density at radius 1 is 1.19 bits per heavy atom. The van der Waals surface area contributed by atoms with Crippen LogP contribution in [0.2, 0.25) is 5.02 Å². The zero-order chi connectivity index (χ0) is 15.2. The Morgan fingerprint density at radius 2 is 1.90 bits per heavy atom. The van der Waals surface area contributed by atoms with E-state index in [1.807, 2.05) is 31.3 Å². The van der Waals surface area contributed by atoms with Crippen LogP contribution in [0.4, 0.5) is 4.39 Å². The molecule has 0 spiro atoms. The van der Waals surface area contributed by atoms with Crippen LogP contribution in [0, 0.1) is 5.82 Å². The minimum Gasteiger partial charge on any atom is -0.489 e. The summed E-state index contributed by atoms with van der Waals surface area (Å²) in [5.74, 6) is 0.324. The van der Waals surface area contributed by atoms with Gasteiger partial charge in [-0.25, -0.2) is 4.39 Å². The van der Waals surface area contributed by atoms with Gasteiger partial charge in [-0.2, -0.15) is 0 Å². The van der Waals surface area contributed by atoms with Gasteiger partial charge in [-0.1, -0.05) is 35.9 Å². The van der Waals surface area contributed by atoms with Crippen LogP contribution in [-0.2, 0) is 13.0 Å². The fourth-order valence-corrected chi connectivity index (χ4v) is 2.18. The van der Waals surface area contributed by atoms with Gasteiger partial charge in [0.15, 0.2) is 0 Å². The highest BCUT2D eigenvalue weighted by Crippen LogP contribution is 2.22. The van der Waals surface area contributed by atoms with E-state index in [1.165, 1.54) is 11.6 Å². The van der Waals surface area contributed by atoms with Crippen molar-refractivity contribution in [1.29, 1.82) is 0 Å². The van der Waals surface area contributed by atoms with Crippen molar-refractivity contribution >= 4 is 11.6 Å². The molecule has 0 saturated heterocycles. The lowest BCUT2D eigenvalue weighted by Crippen LogP contribution is -2.23. The number of ether oxygens (including phenoxy) is 1. The molecule has 0 fully saturated rings. The van der Waals surface area contributed by atoms with Crippen molar-refractivity contribution in [1.82, 2.24) is 5.32 Å². The Bertz CT molecular complexity index is 586. The summed E-state index contributed by atoms with van der Waals surface area (Å²) in [6.45, 7) is 2.39. The highest BCUT2D eigenvalue weighted by Gasteiger charge is 2.06. The molecule has 0 heterocycles. The summed E-state index contributed by atoms with van der Waals surface area (Å²) in [6, 6.07) is 13.1. The largest absolute Gasteiger partial charge is 0.489 e. The van der Waals surface area contributed by atoms with Gasteiger partial charge in [0.2, 0.25) is 0 Å². The zero-order valence-corrected chi connectivity index (χ0v) is 13.0. The molecule has 0 aliphatic heterocycles. The Hall–Kier alpha value is -1.58. The summed E-state index contributed by atoms with van der Waals surface area (Å²) in [7, 11) is 1.95. The third kappa shape index (κ3) is 4.45. The van der Waals surface area contributed by atoms with Crippen LogP contribution >= 0.6 is 11.6 Å². The summed E-state index contributed by atoms with van der Waals surface area (Å²) in [5, 5.41) is 3.33. The standard InChI is InChI=1S/C17H19ClFNO/c1-12(20-2)10-13-6-8-15(9-7-13)21-11-14-4-3-5-16(19)17(14)18/h3-9,12,20H,10-11H2,1-2H3. The molecule has 0 radical (unpaired) electrons. The molecule has 0 aliphatic rings. The van der Waals surface area contributed by atoms with Crippen LogP contribution in [0.25, 0.3) is 0 Å². The maximum atomic E-state index is 13.3. The van der Waals surface area contributed by atoms with Crippen molar-refractivity contribution in [2.24, 2.45) is 0 Å². The third-order valence-corrected chi connectivity index (χ3v) is 3.81. The first-order valence-corrected chi connectivity index (χ1v) is 7.30. The van der Waals surface area contributed by atoms with Gasteiger partial charge in [0.25, 0.3) is 0 Å². The van der Waals surface area contributed by atoms with Crippen molar-refractivity contribution < 1.29 is 9.13 Å². The number of benzene rings is 2. The topological polar surface area (TPSA) is 21.3 Å². The minimum atomic E-state index is -0.422. The monoisotopic (exact) mass is 307 g/mol. The maximum Gasteiger partial charge on any atom is 0.142 e. The summed E-state index contributed by atoms with van der Waals surface area (Å²) < 4.78 is 19.0. The Labute approximate surface area is 129 Å². The van der Waals surface area contributed by atoms with Crippen molar-refractivity contribution in [3.63, 3.8) is 0 Å². The van der Waals surface area contributed by atoms with Crippen molar-refractivity contribution in [2.45, 2.75) is 26.0 Å². The van der Waals surface area contributed by atoms with Crippen molar-refractivity contribution in [3.05, 3.63) is 64.4 Å². The van der Waals surface area contributed by atoms with E-state index in [1.54, 1.807) is 12.1 Å². The van der Waals surface area contributed by atoms with E-state index in [4.69, 9.17) is 16.3 Å². The Kier molecular flexibility index (Phi) is 5.59. The second-order valence-electron chi connectivity index (χ2n) is 5.04. The zero-order valence-electron chi connectivity index (χ0n) is 12.2. The average Bonchev–Trinajstić information content (AvgIpc) is 2.50. The second kappa shape index (κ2) is 7.43. The first-order chi connectivity index (χ1) is 10.1. The van der Waals surface area contributed by atoms with E-state index in [0.29, 0.717) is 11.6 Å². The number of hydrogen-bond donors (Lipinski definition) is 1. The van der Waals surface area contributed by atoms with E-state index in [2.05, 4.69) is 12.2 Å². The van der Waals surface area contributed by atoms with Gasteiger partial charge in [-0.05, 0) is 44.2 Å². The summed E-state index contributed by atoms with van der Waals surface area (Å²) in [6.07, 6.45) is 0.965. The lowest BCUT2D eigenvalue weighted by molar-refractivity contribution is 0.305. The lowest BCUT2D eigenvalue weighted by atomic mass is 10.1. The molecule has 2 rings (SSSR count). The fourth-order valence-electron chi connectivity index (χ4n) is 2.00. The number of halogens is 2. The normalized spacial score (nSPS) is 12.2. The van der Waals surface area contributed by atoms with Gasteiger partial charge >= 0.3 is 0 Å². The van der Waals surface area contributed by atoms with Gasteiger partial charge in [0.1, 0.15) is 18.2 Å². The summed E-state index contributed by atoms with van der Waals surface area (Å²) >= 11 is 5.90. The molecule has 4 heteroatoms. The van der Waals surface area contributed by atoms with E-state index < -0.39 is 5.82 Å². The molecule has 2 aromatic rings. The van der Waals surface area contributed by atoms with Crippen molar-refractivity contribution in [2.75, 3.05) is 7.05 Å². The van der Waals surface area contributed by atoms with E-state index in [9.17, 15) is 4.39 Å². The minimum absolute atomic E-state index is 0.122. The first kappa shape index (κ1) is 15.8. The first-order valence-electron chi connectivity index (χ1n) is 6.92. The summed E-state index contributed by atoms with van der Waals surface area (Å²) in [4.78, 5) is 0. The van der Waals surface area contributed by atoms with Gasteiger partial charge in [-0.3, -0.25) is 0 Å². The molecule has 112 valence electrons. The molecule has 0 aliphatic carbocycles. The number of nitrogens with one attached hydrogen (secondary N) is 1. The van der Waals surface area contributed by atoms with Gasteiger partial charge in [0.05, 0.1) is 5.02 Å². The van der Waals surface area contributed by atoms with Crippen LogP contribution in [0.5, 0.6) is 5.75 Å². The Morgan fingerprint density at radius 3 is 2.57 bits per heavy atom. The number of rotatable bonds is 6. The SMILES string of the molecule is CNC(C)Cc1ccc(OCc2cccc(F)c2Cl)cc1. The highest BCUT2D eigenvalue weighted by atomic mass is 35.5. The van der Waals surface area contributed by atoms with Gasteiger partial charge in [-0.15, -0.1) is 0 Å². The number of hydrogen-bond acceptors (Lipinski definition) is 2. The van der Waals surface area contributed by atoms with E-state index in [0.717, 1.165) is 12.2 Å². The highest BCUT2D eigenvalue weighted by molar-refractivity contribution is 6.31. The molecule has 2 nitrogen and oxygen atoms in total. The maximum absolute atomic E-state index is 13.3. The fraction of sp³-hybridized carbons (Fsp3) is 0.294. The van der Waals surface area contributed by atoms with Crippen LogP contribution in [0.15, 0.2) is 42.5 Å². The molecular weight excluding hydrogens is 289 g/mol. The third-order valence-electron chi connectivity index (χ3n) is 3.38. The molecular formula is C17H19ClFNO. The van der Waals surface area contributed by atoms with Crippen molar-refractivity contribution in [3.8, 4) is 5.75 Å².